The van der Waals surface area contributed by atoms with Crippen LogP contribution in [0.15, 0.2) is 37.9 Å². The van der Waals surface area contributed by atoms with Gasteiger partial charge < -0.3 is 9.15 Å². The lowest BCUT2D eigenvalue weighted by molar-refractivity contribution is 0.0528. The number of ether oxygens (including phenoxy) is 1. The number of hydrogen-bond acceptors (Lipinski definition) is 4. The quantitative estimate of drug-likeness (QED) is 0.631. The van der Waals surface area contributed by atoms with Crippen molar-refractivity contribution in [2.45, 2.75) is 6.92 Å². The SMILES string of the molecule is CCOC(=O)c1cc(=O)oc2cc(Br)ccc12. The Kier molecular flexibility index (Phi) is 3.28. The van der Waals surface area contributed by atoms with Crippen molar-refractivity contribution in [2.75, 3.05) is 6.61 Å². The van der Waals surface area contributed by atoms with E-state index in [1.165, 1.54) is 0 Å². The molecule has 2 aromatic rings. The minimum absolute atomic E-state index is 0.227. The number of carbonyl (C=O) groups excluding carboxylic acids is 1. The predicted octanol–water partition coefficient (Wildman–Crippen LogP) is 2.73. The largest absolute Gasteiger partial charge is 0.462 e. The molecule has 0 spiro atoms. The van der Waals surface area contributed by atoms with Crippen molar-refractivity contribution < 1.29 is 13.9 Å². The molecule has 0 amide bonds. The smallest absolute Gasteiger partial charge is 0.339 e. The number of fused-ring (bicyclic) bond motifs is 1. The monoisotopic (exact) mass is 296 g/mol. The molecule has 0 saturated carbocycles. The Labute approximate surface area is 105 Å². The van der Waals surface area contributed by atoms with Gasteiger partial charge in [-0.25, -0.2) is 9.59 Å². The van der Waals surface area contributed by atoms with Gasteiger partial charge in [0.25, 0.3) is 0 Å². The van der Waals surface area contributed by atoms with Crippen LogP contribution in [-0.4, -0.2) is 12.6 Å². The highest BCUT2D eigenvalue weighted by molar-refractivity contribution is 9.10. The van der Waals surface area contributed by atoms with Gasteiger partial charge in [-0.15, -0.1) is 0 Å². The summed E-state index contributed by atoms with van der Waals surface area (Å²) in [4.78, 5) is 23.0. The molecule has 0 aliphatic rings. The van der Waals surface area contributed by atoms with Crippen LogP contribution in [-0.2, 0) is 4.74 Å². The van der Waals surface area contributed by atoms with E-state index in [1.54, 1.807) is 25.1 Å². The summed E-state index contributed by atoms with van der Waals surface area (Å²) in [6, 6.07) is 6.26. The first kappa shape index (κ1) is 11.9. The molecule has 0 bridgehead atoms. The Morgan fingerprint density at radius 3 is 2.88 bits per heavy atom. The summed E-state index contributed by atoms with van der Waals surface area (Å²) >= 11 is 3.27. The van der Waals surface area contributed by atoms with Gasteiger partial charge >= 0.3 is 11.6 Å². The summed E-state index contributed by atoms with van der Waals surface area (Å²) in [6.45, 7) is 1.97. The summed E-state index contributed by atoms with van der Waals surface area (Å²) in [7, 11) is 0. The molecular weight excluding hydrogens is 288 g/mol. The van der Waals surface area contributed by atoms with E-state index in [0.29, 0.717) is 11.0 Å². The fourth-order valence-electron chi connectivity index (χ4n) is 1.51. The highest BCUT2D eigenvalue weighted by Gasteiger charge is 2.14. The molecule has 0 atom stereocenters. The Morgan fingerprint density at radius 2 is 2.18 bits per heavy atom. The van der Waals surface area contributed by atoms with Crippen LogP contribution in [0.25, 0.3) is 11.0 Å². The summed E-state index contributed by atoms with van der Waals surface area (Å²) in [6.07, 6.45) is 0. The Bertz CT molecular complexity index is 630. The summed E-state index contributed by atoms with van der Waals surface area (Å²) in [5.41, 5.74) is 0.0131. The molecule has 1 aromatic heterocycles. The zero-order valence-electron chi connectivity index (χ0n) is 9.03. The van der Waals surface area contributed by atoms with Crippen molar-refractivity contribution in [3.63, 3.8) is 0 Å². The molecule has 0 aliphatic carbocycles. The van der Waals surface area contributed by atoms with E-state index in [-0.39, 0.29) is 12.2 Å². The molecule has 5 heteroatoms. The molecular formula is C12H9BrO4. The van der Waals surface area contributed by atoms with Crippen molar-refractivity contribution in [1.82, 2.24) is 0 Å². The van der Waals surface area contributed by atoms with Crippen LogP contribution in [0.3, 0.4) is 0 Å². The lowest BCUT2D eigenvalue weighted by Crippen LogP contribution is -2.09. The van der Waals surface area contributed by atoms with Gasteiger partial charge in [-0.2, -0.15) is 0 Å². The lowest BCUT2D eigenvalue weighted by atomic mass is 10.1. The van der Waals surface area contributed by atoms with Crippen LogP contribution in [0, 0.1) is 0 Å². The maximum Gasteiger partial charge on any atom is 0.339 e. The first-order valence-corrected chi connectivity index (χ1v) is 5.81. The van der Waals surface area contributed by atoms with E-state index in [9.17, 15) is 9.59 Å². The minimum Gasteiger partial charge on any atom is -0.462 e. The highest BCUT2D eigenvalue weighted by Crippen LogP contribution is 2.22. The highest BCUT2D eigenvalue weighted by atomic mass is 79.9. The van der Waals surface area contributed by atoms with E-state index >= 15 is 0 Å². The zero-order valence-corrected chi connectivity index (χ0v) is 10.6. The summed E-state index contributed by atoms with van der Waals surface area (Å²) in [5.74, 6) is -0.521. The fraction of sp³-hybridized carbons (Fsp3) is 0.167. The predicted molar refractivity (Wildman–Crippen MR) is 66.1 cm³/mol. The number of rotatable bonds is 2. The number of hydrogen-bond donors (Lipinski definition) is 0. The minimum atomic E-state index is -0.571. The number of carbonyl (C=O) groups is 1. The van der Waals surface area contributed by atoms with Gasteiger partial charge in [0.15, 0.2) is 0 Å². The Balaban J connectivity index is 2.70. The average Bonchev–Trinajstić information content (AvgIpc) is 2.27. The van der Waals surface area contributed by atoms with Crippen molar-refractivity contribution in [3.05, 3.63) is 44.7 Å². The molecule has 17 heavy (non-hydrogen) atoms. The standard InChI is InChI=1S/C12H9BrO4/c1-2-16-12(15)9-6-11(14)17-10-5-7(13)3-4-8(9)10/h3-6H,2H2,1H3. The lowest BCUT2D eigenvalue weighted by Gasteiger charge is -2.04. The van der Waals surface area contributed by atoms with Gasteiger partial charge in [0.05, 0.1) is 12.2 Å². The van der Waals surface area contributed by atoms with E-state index in [4.69, 9.17) is 9.15 Å². The Hall–Kier alpha value is -1.62. The molecule has 1 aromatic carbocycles. The molecule has 0 fully saturated rings. The van der Waals surface area contributed by atoms with Crippen molar-refractivity contribution in [1.29, 1.82) is 0 Å². The van der Waals surface area contributed by atoms with E-state index in [0.717, 1.165) is 10.5 Å². The molecule has 2 rings (SSSR count). The number of halogens is 1. The molecule has 0 N–H and O–H groups in total. The van der Waals surface area contributed by atoms with Gasteiger partial charge in [0.2, 0.25) is 0 Å². The third kappa shape index (κ3) is 2.39. The first-order valence-electron chi connectivity index (χ1n) is 5.02. The van der Waals surface area contributed by atoms with E-state index in [2.05, 4.69) is 15.9 Å². The molecule has 4 nitrogen and oxygen atoms in total. The van der Waals surface area contributed by atoms with Gasteiger partial charge in [0.1, 0.15) is 5.58 Å². The second kappa shape index (κ2) is 4.71. The molecule has 0 saturated heterocycles. The van der Waals surface area contributed by atoms with Gasteiger partial charge in [-0.3, -0.25) is 0 Å². The van der Waals surface area contributed by atoms with E-state index < -0.39 is 11.6 Å². The first-order chi connectivity index (χ1) is 8.11. The topological polar surface area (TPSA) is 56.5 Å². The van der Waals surface area contributed by atoms with Crippen LogP contribution in [0.4, 0.5) is 0 Å². The molecule has 0 radical (unpaired) electrons. The molecule has 0 unspecified atom stereocenters. The third-order valence-electron chi connectivity index (χ3n) is 2.20. The number of benzene rings is 1. The number of esters is 1. The molecule has 0 aliphatic heterocycles. The third-order valence-corrected chi connectivity index (χ3v) is 2.70. The summed E-state index contributed by atoms with van der Waals surface area (Å²) in [5, 5.41) is 0.561. The zero-order chi connectivity index (χ0) is 12.4. The second-order valence-corrected chi connectivity index (χ2v) is 4.26. The fourth-order valence-corrected chi connectivity index (χ4v) is 1.85. The van der Waals surface area contributed by atoms with Crippen molar-refractivity contribution in [2.24, 2.45) is 0 Å². The van der Waals surface area contributed by atoms with Crippen molar-refractivity contribution >= 4 is 32.9 Å². The second-order valence-electron chi connectivity index (χ2n) is 3.34. The van der Waals surface area contributed by atoms with E-state index in [1.807, 2.05) is 0 Å². The van der Waals surface area contributed by atoms with Crippen LogP contribution in [0.2, 0.25) is 0 Å². The van der Waals surface area contributed by atoms with Crippen LogP contribution >= 0.6 is 15.9 Å². The average molecular weight is 297 g/mol. The Morgan fingerprint density at radius 1 is 1.41 bits per heavy atom. The maximum atomic E-state index is 11.7. The van der Waals surface area contributed by atoms with Crippen LogP contribution in [0.5, 0.6) is 0 Å². The van der Waals surface area contributed by atoms with Crippen LogP contribution in [0.1, 0.15) is 17.3 Å². The normalized spacial score (nSPS) is 10.5. The van der Waals surface area contributed by atoms with Gasteiger partial charge in [0, 0.05) is 15.9 Å². The van der Waals surface area contributed by atoms with Crippen molar-refractivity contribution in [3.8, 4) is 0 Å². The van der Waals surface area contributed by atoms with Gasteiger partial charge in [-0.1, -0.05) is 15.9 Å². The molecule has 88 valence electrons. The maximum absolute atomic E-state index is 11.7. The van der Waals surface area contributed by atoms with Crippen LogP contribution < -0.4 is 5.63 Å². The molecule has 1 heterocycles. The summed E-state index contributed by atoms with van der Waals surface area (Å²) < 4.78 is 10.7. The van der Waals surface area contributed by atoms with Gasteiger partial charge in [-0.05, 0) is 25.1 Å².